The monoisotopic (exact) mass is 217 g/mol. The lowest BCUT2D eigenvalue weighted by Crippen LogP contribution is -2.25. The average molecular weight is 217 g/mol. The molecule has 82 valence electrons. The molecule has 2 aromatic rings. The van der Waals surface area contributed by atoms with Gasteiger partial charge in [0.15, 0.2) is 0 Å². The third-order valence-corrected chi connectivity index (χ3v) is 2.05. The summed E-state index contributed by atoms with van der Waals surface area (Å²) < 4.78 is 5.12. The first-order valence-corrected chi connectivity index (χ1v) is 4.76. The minimum absolute atomic E-state index is 0.406. The van der Waals surface area contributed by atoms with Crippen molar-refractivity contribution < 1.29 is 9.53 Å². The molecule has 0 spiro atoms. The van der Waals surface area contributed by atoms with Gasteiger partial charge in [-0.1, -0.05) is 0 Å². The zero-order valence-corrected chi connectivity index (χ0v) is 9.04. The first-order chi connectivity index (χ1) is 7.66. The van der Waals surface area contributed by atoms with Gasteiger partial charge in [0, 0.05) is 25.7 Å². The van der Waals surface area contributed by atoms with Gasteiger partial charge in [-0.05, 0) is 18.2 Å². The van der Waals surface area contributed by atoms with E-state index < -0.39 is 6.09 Å². The Labute approximate surface area is 92.7 Å². The first kappa shape index (κ1) is 10.4. The van der Waals surface area contributed by atoms with Gasteiger partial charge >= 0.3 is 6.09 Å². The van der Waals surface area contributed by atoms with Crippen LogP contribution in [0.25, 0.3) is 10.9 Å². The van der Waals surface area contributed by atoms with Crippen LogP contribution in [0, 0.1) is 0 Å². The van der Waals surface area contributed by atoms with Crippen molar-refractivity contribution in [3.63, 3.8) is 0 Å². The van der Waals surface area contributed by atoms with E-state index in [2.05, 4.69) is 9.97 Å². The highest BCUT2D eigenvalue weighted by Crippen LogP contribution is 2.18. The van der Waals surface area contributed by atoms with E-state index in [-0.39, 0.29) is 0 Å². The molecule has 5 nitrogen and oxygen atoms in total. The highest BCUT2D eigenvalue weighted by Gasteiger charge is 2.06. The smallest absolute Gasteiger partial charge is 0.410 e. The van der Waals surface area contributed by atoms with Crippen LogP contribution in [0.15, 0.2) is 30.7 Å². The molecule has 0 aliphatic heterocycles. The van der Waals surface area contributed by atoms with Gasteiger partial charge in [0.05, 0.1) is 5.52 Å². The normalized spacial score (nSPS) is 10.1. The van der Waals surface area contributed by atoms with Crippen molar-refractivity contribution in [1.82, 2.24) is 14.9 Å². The van der Waals surface area contributed by atoms with Gasteiger partial charge in [-0.2, -0.15) is 0 Å². The van der Waals surface area contributed by atoms with Crippen molar-refractivity contribution in [2.75, 3.05) is 14.1 Å². The lowest BCUT2D eigenvalue weighted by atomic mass is 10.2. The second-order valence-electron chi connectivity index (χ2n) is 3.51. The molecule has 0 aliphatic carbocycles. The quantitative estimate of drug-likeness (QED) is 0.729. The molecule has 0 radical (unpaired) electrons. The van der Waals surface area contributed by atoms with Gasteiger partial charge in [-0.15, -0.1) is 0 Å². The molecule has 0 unspecified atom stereocenters. The Hall–Kier alpha value is -2.17. The first-order valence-electron chi connectivity index (χ1n) is 4.76. The zero-order valence-electron chi connectivity index (χ0n) is 9.04. The predicted molar refractivity (Wildman–Crippen MR) is 59.2 cm³/mol. The van der Waals surface area contributed by atoms with Gasteiger partial charge < -0.3 is 9.64 Å². The van der Waals surface area contributed by atoms with E-state index in [9.17, 15) is 4.79 Å². The Morgan fingerprint density at radius 1 is 1.38 bits per heavy atom. The fourth-order valence-corrected chi connectivity index (χ4v) is 1.22. The molecule has 1 aromatic heterocycles. The topological polar surface area (TPSA) is 55.3 Å². The molecule has 0 N–H and O–H groups in total. The molecular formula is C11H11N3O2. The highest BCUT2D eigenvalue weighted by molar-refractivity contribution is 5.80. The fourth-order valence-electron chi connectivity index (χ4n) is 1.22. The van der Waals surface area contributed by atoms with Crippen LogP contribution in [0.2, 0.25) is 0 Å². The van der Waals surface area contributed by atoms with Crippen LogP contribution in [-0.4, -0.2) is 35.1 Å². The number of fused-ring (bicyclic) bond motifs is 1. The number of carbonyl (C=O) groups excluding carboxylic acids is 1. The summed E-state index contributed by atoms with van der Waals surface area (Å²) >= 11 is 0. The predicted octanol–water partition coefficient (Wildman–Crippen LogP) is 1.69. The van der Waals surface area contributed by atoms with Crippen molar-refractivity contribution in [2.45, 2.75) is 0 Å². The van der Waals surface area contributed by atoms with Crippen LogP contribution >= 0.6 is 0 Å². The van der Waals surface area contributed by atoms with E-state index in [1.165, 1.54) is 11.2 Å². The average Bonchev–Trinajstić information content (AvgIpc) is 2.28. The molecule has 1 amide bonds. The van der Waals surface area contributed by atoms with E-state index in [1.807, 2.05) is 0 Å². The van der Waals surface area contributed by atoms with Crippen LogP contribution < -0.4 is 4.74 Å². The van der Waals surface area contributed by atoms with Crippen LogP contribution in [-0.2, 0) is 0 Å². The second kappa shape index (κ2) is 4.14. The number of benzene rings is 1. The van der Waals surface area contributed by atoms with Crippen LogP contribution in [0.5, 0.6) is 5.75 Å². The molecular weight excluding hydrogens is 206 g/mol. The summed E-state index contributed by atoms with van der Waals surface area (Å²) in [5.41, 5.74) is 0.819. The second-order valence-corrected chi connectivity index (χ2v) is 3.51. The maximum absolute atomic E-state index is 11.3. The summed E-state index contributed by atoms with van der Waals surface area (Å²) in [4.78, 5) is 20.7. The van der Waals surface area contributed by atoms with Gasteiger partial charge in [-0.3, -0.25) is 0 Å². The molecule has 1 aromatic carbocycles. The number of nitrogens with zero attached hydrogens (tertiary/aromatic N) is 3. The Morgan fingerprint density at radius 3 is 2.94 bits per heavy atom. The maximum atomic E-state index is 11.3. The number of rotatable bonds is 1. The highest BCUT2D eigenvalue weighted by atomic mass is 16.6. The van der Waals surface area contributed by atoms with Crippen molar-refractivity contribution in [2.24, 2.45) is 0 Å². The number of amides is 1. The molecule has 5 heteroatoms. The van der Waals surface area contributed by atoms with Crippen molar-refractivity contribution in [1.29, 1.82) is 0 Å². The van der Waals surface area contributed by atoms with E-state index in [4.69, 9.17) is 4.74 Å². The Kier molecular flexibility index (Phi) is 2.68. The van der Waals surface area contributed by atoms with Crippen molar-refractivity contribution in [3.8, 4) is 5.75 Å². The minimum atomic E-state index is -0.406. The largest absolute Gasteiger partial charge is 0.414 e. The number of ether oxygens (including phenoxy) is 1. The van der Waals surface area contributed by atoms with Crippen LogP contribution in [0.1, 0.15) is 0 Å². The van der Waals surface area contributed by atoms with Crippen molar-refractivity contribution in [3.05, 3.63) is 30.7 Å². The summed E-state index contributed by atoms with van der Waals surface area (Å²) in [6.45, 7) is 0. The van der Waals surface area contributed by atoms with E-state index >= 15 is 0 Å². The summed E-state index contributed by atoms with van der Waals surface area (Å²) in [5.74, 6) is 0.487. The molecule has 0 saturated carbocycles. The van der Waals surface area contributed by atoms with E-state index in [0.29, 0.717) is 5.75 Å². The van der Waals surface area contributed by atoms with Crippen molar-refractivity contribution >= 4 is 17.0 Å². The molecule has 0 atom stereocenters. The number of carbonyl (C=O) groups is 1. The van der Waals surface area contributed by atoms with Gasteiger partial charge in [-0.25, -0.2) is 14.8 Å². The van der Waals surface area contributed by atoms with Gasteiger partial charge in [0.1, 0.15) is 12.1 Å². The van der Waals surface area contributed by atoms with Gasteiger partial charge in [0.2, 0.25) is 0 Å². The maximum Gasteiger partial charge on any atom is 0.414 e. The molecule has 0 aliphatic rings. The summed E-state index contributed by atoms with van der Waals surface area (Å²) in [5, 5.41) is 0.839. The number of hydrogen-bond donors (Lipinski definition) is 0. The standard InChI is InChI=1S/C11H11N3O2/c1-14(2)11(15)16-9-3-4-10-8(5-9)6-12-7-13-10/h3-7H,1-2H3. The fraction of sp³-hybridized carbons (Fsp3) is 0.182. The Bertz CT molecular complexity index is 525. The molecule has 2 rings (SSSR count). The minimum Gasteiger partial charge on any atom is -0.410 e. The van der Waals surface area contributed by atoms with Crippen LogP contribution in [0.4, 0.5) is 4.79 Å². The van der Waals surface area contributed by atoms with E-state index in [1.54, 1.807) is 38.5 Å². The van der Waals surface area contributed by atoms with E-state index in [0.717, 1.165) is 10.9 Å². The number of hydrogen-bond acceptors (Lipinski definition) is 4. The third kappa shape index (κ3) is 2.08. The molecule has 0 bridgehead atoms. The summed E-state index contributed by atoms with van der Waals surface area (Å²) in [7, 11) is 3.26. The summed E-state index contributed by atoms with van der Waals surface area (Å²) in [6, 6.07) is 5.22. The van der Waals surface area contributed by atoms with Crippen LogP contribution in [0.3, 0.4) is 0 Å². The molecule has 0 fully saturated rings. The Balaban J connectivity index is 2.29. The third-order valence-electron chi connectivity index (χ3n) is 2.05. The SMILES string of the molecule is CN(C)C(=O)Oc1ccc2ncncc2c1. The molecule has 16 heavy (non-hydrogen) atoms. The van der Waals surface area contributed by atoms with Gasteiger partial charge in [0.25, 0.3) is 0 Å². The number of aromatic nitrogens is 2. The lowest BCUT2D eigenvalue weighted by molar-refractivity contribution is 0.172. The lowest BCUT2D eigenvalue weighted by Gasteiger charge is -2.10. The summed E-state index contributed by atoms with van der Waals surface area (Å²) in [6.07, 6.45) is 2.75. The molecule has 0 saturated heterocycles. The zero-order chi connectivity index (χ0) is 11.5. The molecule has 1 heterocycles. The Morgan fingerprint density at radius 2 is 2.19 bits per heavy atom.